The van der Waals surface area contributed by atoms with E-state index in [0.717, 1.165) is 24.5 Å². The molecule has 2 atom stereocenters. The molecule has 0 amide bonds. The summed E-state index contributed by atoms with van der Waals surface area (Å²) in [6.07, 6.45) is 1.04. The van der Waals surface area contributed by atoms with Crippen molar-refractivity contribution in [1.82, 2.24) is 0 Å². The van der Waals surface area contributed by atoms with Crippen molar-refractivity contribution in [3.63, 3.8) is 0 Å². The Morgan fingerprint density at radius 3 is 2.61 bits per heavy atom. The zero-order valence-electron chi connectivity index (χ0n) is 11.4. The summed E-state index contributed by atoms with van der Waals surface area (Å²) in [7, 11) is 3.43. The van der Waals surface area contributed by atoms with Crippen LogP contribution in [0.1, 0.15) is 24.2 Å². The minimum atomic E-state index is 0.0915. The smallest absolute Gasteiger partial charge is 0.123 e. The maximum Gasteiger partial charge on any atom is 0.123 e. The first-order valence-electron chi connectivity index (χ1n) is 6.19. The molecule has 0 spiro atoms. The Bertz CT molecular complexity index is 344. The summed E-state index contributed by atoms with van der Waals surface area (Å²) >= 11 is 1.87. The van der Waals surface area contributed by atoms with Gasteiger partial charge in [0.1, 0.15) is 5.75 Å². The highest BCUT2D eigenvalue weighted by Gasteiger charge is 2.19. The molecule has 1 rings (SSSR count). The highest BCUT2D eigenvalue weighted by atomic mass is 32.2. The third-order valence-corrected chi connectivity index (χ3v) is 4.28. The lowest BCUT2D eigenvalue weighted by Crippen LogP contribution is -2.23. The second kappa shape index (κ2) is 8.40. The molecule has 0 heterocycles. The van der Waals surface area contributed by atoms with E-state index in [1.54, 1.807) is 14.2 Å². The van der Waals surface area contributed by atoms with Gasteiger partial charge in [0.25, 0.3) is 0 Å². The van der Waals surface area contributed by atoms with Crippen LogP contribution in [0.3, 0.4) is 0 Å². The van der Waals surface area contributed by atoms with Crippen LogP contribution in [0.5, 0.6) is 5.75 Å². The Balaban J connectivity index is 2.71. The van der Waals surface area contributed by atoms with Crippen molar-refractivity contribution < 1.29 is 9.47 Å². The van der Waals surface area contributed by atoms with E-state index in [1.165, 1.54) is 5.56 Å². The molecule has 0 radical (unpaired) electrons. The van der Waals surface area contributed by atoms with E-state index < -0.39 is 0 Å². The summed E-state index contributed by atoms with van der Waals surface area (Å²) in [6, 6.07) is 8.18. The topological polar surface area (TPSA) is 44.5 Å². The van der Waals surface area contributed by atoms with Gasteiger partial charge in [-0.05, 0) is 25.2 Å². The van der Waals surface area contributed by atoms with Crippen LogP contribution in [0.15, 0.2) is 24.3 Å². The molecule has 1 aromatic rings. The predicted molar refractivity (Wildman–Crippen MR) is 78.3 cm³/mol. The van der Waals surface area contributed by atoms with Crippen LogP contribution < -0.4 is 10.5 Å². The Morgan fingerprint density at radius 2 is 2.00 bits per heavy atom. The molecule has 0 aliphatic carbocycles. The molecule has 4 heteroatoms. The zero-order chi connectivity index (χ0) is 13.4. The van der Waals surface area contributed by atoms with Gasteiger partial charge in [0.15, 0.2) is 0 Å². The van der Waals surface area contributed by atoms with E-state index in [0.29, 0.717) is 0 Å². The molecule has 1 aromatic carbocycles. The van der Waals surface area contributed by atoms with Crippen LogP contribution >= 0.6 is 11.8 Å². The van der Waals surface area contributed by atoms with Crippen molar-refractivity contribution >= 4 is 11.8 Å². The molecule has 0 saturated heterocycles. The van der Waals surface area contributed by atoms with Crippen LogP contribution in [0.25, 0.3) is 0 Å². The molecule has 0 saturated carbocycles. The summed E-state index contributed by atoms with van der Waals surface area (Å²) in [4.78, 5) is 0. The highest BCUT2D eigenvalue weighted by Crippen LogP contribution is 2.36. The van der Waals surface area contributed by atoms with Crippen molar-refractivity contribution in [1.29, 1.82) is 0 Å². The SMILES string of the molecule is COCCCSC(c1ccccc1OC)C(C)N. The fourth-order valence-corrected chi connectivity index (χ4v) is 3.06. The molecule has 2 N–H and O–H groups in total. The summed E-state index contributed by atoms with van der Waals surface area (Å²) < 4.78 is 10.5. The Labute approximate surface area is 114 Å². The van der Waals surface area contributed by atoms with E-state index in [2.05, 4.69) is 6.07 Å². The number of ether oxygens (including phenoxy) is 2. The Hall–Kier alpha value is -0.710. The summed E-state index contributed by atoms with van der Waals surface area (Å²) in [5.74, 6) is 1.96. The van der Waals surface area contributed by atoms with Gasteiger partial charge < -0.3 is 15.2 Å². The van der Waals surface area contributed by atoms with Crippen LogP contribution in [0.2, 0.25) is 0 Å². The standard InChI is InChI=1S/C14H23NO2S/c1-11(15)14(18-10-6-9-16-2)12-7-4-5-8-13(12)17-3/h4-5,7-8,11,14H,6,9-10,15H2,1-3H3. The normalized spacial score (nSPS) is 14.2. The molecule has 18 heavy (non-hydrogen) atoms. The third kappa shape index (κ3) is 4.52. The van der Waals surface area contributed by atoms with E-state index in [9.17, 15) is 0 Å². The summed E-state index contributed by atoms with van der Waals surface area (Å²) in [5.41, 5.74) is 7.28. The number of rotatable bonds is 8. The summed E-state index contributed by atoms with van der Waals surface area (Å²) in [5, 5.41) is 0.262. The van der Waals surface area contributed by atoms with Gasteiger partial charge in [-0.3, -0.25) is 0 Å². The lowest BCUT2D eigenvalue weighted by molar-refractivity contribution is 0.200. The monoisotopic (exact) mass is 269 g/mol. The molecule has 0 fully saturated rings. The van der Waals surface area contributed by atoms with Crippen molar-refractivity contribution in [2.45, 2.75) is 24.6 Å². The third-order valence-electron chi connectivity index (χ3n) is 2.71. The number of hydrogen-bond acceptors (Lipinski definition) is 4. The van der Waals surface area contributed by atoms with Crippen LogP contribution in [0.4, 0.5) is 0 Å². The fraction of sp³-hybridized carbons (Fsp3) is 0.571. The molecule has 0 aliphatic heterocycles. The van der Waals surface area contributed by atoms with Crippen molar-refractivity contribution in [3.05, 3.63) is 29.8 Å². The molecule has 3 nitrogen and oxygen atoms in total. The summed E-state index contributed by atoms with van der Waals surface area (Å²) in [6.45, 7) is 2.84. The number of thioether (sulfide) groups is 1. The first-order chi connectivity index (χ1) is 8.70. The molecule has 0 bridgehead atoms. The molecular formula is C14H23NO2S. The number of methoxy groups -OCH3 is 2. The average Bonchev–Trinajstić information content (AvgIpc) is 2.38. The quantitative estimate of drug-likeness (QED) is 0.737. The molecule has 102 valence electrons. The first kappa shape index (κ1) is 15.3. The van der Waals surface area contributed by atoms with Crippen LogP contribution in [-0.4, -0.2) is 32.6 Å². The van der Waals surface area contributed by atoms with Gasteiger partial charge in [-0.1, -0.05) is 18.2 Å². The van der Waals surface area contributed by atoms with Gasteiger partial charge in [-0.25, -0.2) is 0 Å². The van der Waals surface area contributed by atoms with Crippen LogP contribution in [0, 0.1) is 0 Å². The van der Waals surface area contributed by atoms with Gasteiger partial charge in [-0.2, -0.15) is 11.8 Å². The minimum Gasteiger partial charge on any atom is -0.496 e. The Morgan fingerprint density at radius 1 is 1.28 bits per heavy atom. The second-order valence-corrected chi connectivity index (χ2v) is 5.49. The van der Waals surface area contributed by atoms with E-state index in [1.807, 2.05) is 36.9 Å². The van der Waals surface area contributed by atoms with Gasteiger partial charge in [0.05, 0.1) is 7.11 Å². The second-order valence-electron chi connectivity index (χ2n) is 4.24. The molecule has 0 aliphatic rings. The van der Waals surface area contributed by atoms with E-state index >= 15 is 0 Å². The molecule has 2 unspecified atom stereocenters. The van der Waals surface area contributed by atoms with Gasteiger partial charge >= 0.3 is 0 Å². The molecular weight excluding hydrogens is 246 g/mol. The average molecular weight is 269 g/mol. The number of para-hydroxylation sites is 1. The maximum atomic E-state index is 6.10. The fourth-order valence-electron chi connectivity index (χ4n) is 1.84. The number of hydrogen-bond donors (Lipinski definition) is 1. The predicted octanol–water partition coefficient (Wildman–Crippen LogP) is 2.85. The Kier molecular flexibility index (Phi) is 7.16. The van der Waals surface area contributed by atoms with Gasteiger partial charge in [0.2, 0.25) is 0 Å². The number of nitrogens with two attached hydrogens (primary N) is 1. The van der Waals surface area contributed by atoms with E-state index in [4.69, 9.17) is 15.2 Å². The minimum absolute atomic E-state index is 0.0915. The highest BCUT2D eigenvalue weighted by molar-refractivity contribution is 7.99. The van der Waals surface area contributed by atoms with Crippen molar-refractivity contribution in [3.8, 4) is 5.75 Å². The zero-order valence-corrected chi connectivity index (χ0v) is 12.2. The van der Waals surface area contributed by atoms with Crippen molar-refractivity contribution in [2.24, 2.45) is 5.73 Å². The van der Waals surface area contributed by atoms with Gasteiger partial charge in [-0.15, -0.1) is 0 Å². The molecule has 0 aromatic heterocycles. The maximum absolute atomic E-state index is 6.10. The van der Waals surface area contributed by atoms with Crippen LogP contribution in [-0.2, 0) is 4.74 Å². The largest absolute Gasteiger partial charge is 0.496 e. The lowest BCUT2D eigenvalue weighted by Gasteiger charge is -2.22. The first-order valence-corrected chi connectivity index (χ1v) is 7.24. The van der Waals surface area contributed by atoms with Gasteiger partial charge in [0, 0.05) is 30.6 Å². The lowest BCUT2D eigenvalue weighted by atomic mass is 10.1. The van der Waals surface area contributed by atoms with Crippen molar-refractivity contribution in [2.75, 3.05) is 26.6 Å². The number of benzene rings is 1. The van der Waals surface area contributed by atoms with E-state index in [-0.39, 0.29) is 11.3 Å².